The fourth-order valence-electron chi connectivity index (χ4n) is 2.60. The van der Waals surface area contributed by atoms with E-state index in [4.69, 9.17) is 16.3 Å². The predicted octanol–water partition coefficient (Wildman–Crippen LogP) is 4.68. The van der Waals surface area contributed by atoms with Crippen LogP contribution in [-0.2, 0) is 26.2 Å². The van der Waals surface area contributed by atoms with Crippen LogP contribution < -0.4 is 10.0 Å². The number of halogens is 1. The third-order valence-electron chi connectivity index (χ3n) is 4.24. The number of hydrogen-bond donors (Lipinski definition) is 2. The van der Waals surface area contributed by atoms with Gasteiger partial charge in [-0.3, -0.25) is 9.52 Å². The highest BCUT2D eigenvalue weighted by Gasteiger charge is 2.18. The minimum absolute atomic E-state index is 0.00178. The third-order valence-corrected chi connectivity index (χ3v) is 5.93. The smallest absolute Gasteiger partial charge is 0.262 e. The monoisotopic (exact) mass is 444 g/mol. The number of sulfonamides is 1. The van der Waals surface area contributed by atoms with Gasteiger partial charge in [0.15, 0.2) is 0 Å². The number of nitrogens with one attached hydrogen (secondary N) is 2. The van der Waals surface area contributed by atoms with Crippen molar-refractivity contribution < 1.29 is 17.9 Å². The summed E-state index contributed by atoms with van der Waals surface area (Å²) in [7, 11) is -3.88. The van der Waals surface area contributed by atoms with E-state index in [0.717, 1.165) is 5.56 Å². The van der Waals surface area contributed by atoms with Gasteiger partial charge in [0.2, 0.25) is 0 Å². The van der Waals surface area contributed by atoms with E-state index < -0.39 is 16.1 Å². The van der Waals surface area contributed by atoms with Gasteiger partial charge in [-0.1, -0.05) is 60.1 Å². The maximum atomic E-state index is 12.7. The van der Waals surface area contributed by atoms with Crippen LogP contribution >= 0.6 is 11.6 Å². The van der Waals surface area contributed by atoms with E-state index in [-0.39, 0.29) is 21.5 Å². The van der Waals surface area contributed by atoms with Crippen LogP contribution in [-0.4, -0.2) is 20.4 Å². The molecule has 0 heterocycles. The van der Waals surface area contributed by atoms with Gasteiger partial charge in [0.1, 0.15) is 6.10 Å². The number of ether oxygens (including phenoxy) is 1. The molecule has 1 unspecified atom stereocenters. The molecule has 0 saturated carbocycles. The van der Waals surface area contributed by atoms with E-state index in [1.165, 1.54) is 12.1 Å². The standard InChI is InChI=1S/C22H21ClN2O4S/c1-16(29-15-17-8-3-2-4-9-17)22(26)24-18-10-7-11-19(14-18)30(27,28)25-21-13-6-5-12-20(21)23/h2-14,16,25H,15H2,1H3,(H,24,26). The minimum Gasteiger partial charge on any atom is -0.364 e. The highest BCUT2D eigenvalue weighted by Crippen LogP contribution is 2.25. The summed E-state index contributed by atoms with van der Waals surface area (Å²) in [5.74, 6) is -0.375. The zero-order chi connectivity index (χ0) is 21.6. The van der Waals surface area contributed by atoms with Crippen LogP contribution in [0.5, 0.6) is 0 Å². The van der Waals surface area contributed by atoms with E-state index in [1.54, 1.807) is 43.3 Å². The Hall–Kier alpha value is -2.87. The van der Waals surface area contributed by atoms with Gasteiger partial charge in [-0.25, -0.2) is 8.42 Å². The lowest BCUT2D eigenvalue weighted by Gasteiger charge is -2.14. The Kier molecular flexibility index (Phi) is 7.10. The molecule has 30 heavy (non-hydrogen) atoms. The summed E-state index contributed by atoms with van der Waals surface area (Å²) in [6, 6.07) is 22.0. The molecule has 2 N–H and O–H groups in total. The van der Waals surface area contributed by atoms with E-state index >= 15 is 0 Å². The molecule has 0 saturated heterocycles. The number of carbonyl (C=O) groups is 1. The fraction of sp³-hybridized carbons (Fsp3) is 0.136. The Morgan fingerprint density at radius 2 is 1.70 bits per heavy atom. The van der Waals surface area contributed by atoms with Gasteiger partial charge in [0.25, 0.3) is 15.9 Å². The molecule has 0 aliphatic heterocycles. The van der Waals surface area contributed by atoms with Crippen molar-refractivity contribution >= 4 is 38.9 Å². The van der Waals surface area contributed by atoms with Crippen molar-refractivity contribution in [1.29, 1.82) is 0 Å². The molecule has 0 aromatic heterocycles. The highest BCUT2D eigenvalue weighted by molar-refractivity contribution is 7.92. The Bertz CT molecular complexity index is 1120. The molecule has 0 bridgehead atoms. The molecule has 8 heteroatoms. The number of para-hydroxylation sites is 1. The largest absolute Gasteiger partial charge is 0.364 e. The zero-order valence-corrected chi connectivity index (χ0v) is 17.8. The van der Waals surface area contributed by atoms with Crippen LogP contribution in [0.25, 0.3) is 0 Å². The van der Waals surface area contributed by atoms with Gasteiger partial charge in [-0.05, 0) is 42.8 Å². The topological polar surface area (TPSA) is 84.5 Å². The summed E-state index contributed by atoms with van der Waals surface area (Å²) in [6.45, 7) is 1.93. The number of rotatable bonds is 8. The quantitative estimate of drug-likeness (QED) is 0.528. The van der Waals surface area contributed by atoms with Gasteiger partial charge in [0.05, 0.1) is 22.2 Å². The molecule has 6 nitrogen and oxygen atoms in total. The van der Waals surface area contributed by atoms with Crippen LogP contribution in [0.15, 0.2) is 83.8 Å². The Morgan fingerprint density at radius 3 is 2.43 bits per heavy atom. The second kappa shape index (κ2) is 9.75. The first kappa shape index (κ1) is 21.8. The Balaban J connectivity index is 1.65. The van der Waals surface area contributed by atoms with Gasteiger partial charge in [0, 0.05) is 5.69 Å². The van der Waals surface area contributed by atoms with Crippen molar-refractivity contribution in [2.45, 2.75) is 24.5 Å². The lowest BCUT2D eigenvalue weighted by atomic mass is 10.2. The summed E-state index contributed by atoms with van der Waals surface area (Å²) in [5.41, 5.74) is 1.57. The normalized spacial score (nSPS) is 12.2. The van der Waals surface area contributed by atoms with Crippen LogP contribution in [0.3, 0.4) is 0 Å². The molecule has 1 atom stereocenters. The lowest BCUT2D eigenvalue weighted by Crippen LogP contribution is -2.27. The molecule has 3 aromatic carbocycles. The molecule has 0 spiro atoms. The minimum atomic E-state index is -3.88. The van der Waals surface area contributed by atoms with Crippen LogP contribution in [0, 0.1) is 0 Å². The predicted molar refractivity (Wildman–Crippen MR) is 118 cm³/mol. The zero-order valence-electron chi connectivity index (χ0n) is 16.2. The van der Waals surface area contributed by atoms with E-state index in [0.29, 0.717) is 12.3 Å². The number of carbonyl (C=O) groups excluding carboxylic acids is 1. The number of amides is 1. The number of hydrogen-bond acceptors (Lipinski definition) is 4. The first-order valence-corrected chi connectivity index (χ1v) is 11.0. The molecular weight excluding hydrogens is 424 g/mol. The maximum Gasteiger partial charge on any atom is 0.262 e. The SMILES string of the molecule is CC(OCc1ccccc1)C(=O)Nc1cccc(S(=O)(=O)Nc2ccccc2Cl)c1. The van der Waals surface area contributed by atoms with E-state index in [2.05, 4.69) is 10.0 Å². The second-order valence-electron chi connectivity index (χ2n) is 6.54. The molecule has 3 rings (SSSR count). The summed E-state index contributed by atoms with van der Waals surface area (Å²) in [5, 5.41) is 2.97. The van der Waals surface area contributed by atoms with Crippen molar-refractivity contribution in [3.05, 3.63) is 89.4 Å². The fourth-order valence-corrected chi connectivity index (χ4v) is 3.97. The van der Waals surface area contributed by atoms with Crippen molar-refractivity contribution in [1.82, 2.24) is 0 Å². The average Bonchev–Trinajstić information content (AvgIpc) is 2.74. The molecule has 0 aliphatic carbocycles. The first-order chi connectivity index (χ1) is 14.3. The van der Waals surface area contributed by atoms with Gasteiger partial charge >= 0.3 is 0 Å². The maximum absolute atomic E-state index is 12.7. The average molecular weight is 445 g/mol. The lowest BCUT2D eigenvalue weighted by molar-refractivity contribution is -0.127. The summed E-state index contributed by atoms with van der Waals surface area (Å²) in [4.78, 5) is 12.4. The molecule has 1 amide bonds. The molecule has 0 aliphatic rings. The van der Waals surface area contributed by atoms with Gasteiger partial charge in [-0.15, -0.1) is 0 Å². The first-order valence-electron chi connectivity index (χ1n) is 9.19. The second-order valence-corrected chi connectivity index (χ2v) is 8.63. The molecule has 3 aromatic rings. The van der Waals surface area contributed by atoms with Crippen molar-refractivity contribution in [2.24, 2.45) is 0 Å². The Morgan fingerprint density at radius 1 is 1.00 bits per heavy atom. The van der Waals surface area contributed by atoms with Crippen molar-refractivity contribution in [3.8, 4) is 0 Å². The van der Waals surface area contributed by atoms with Crippen LogP contribution in [0.2, 0.25) is 5.02 Å². The van der Waals surface area contributed by atoms with Gasteiger partial charge < -0.3 is 10.1 Å². The van der Waals surface area contributed by atoms with E-state index in [9.17, 15) is 13.2 Å². The van der Waals surface area contributed by atoms with Crippen molar-refractivity contribution in [2.75, 3.05) is 10.0 Å². The van der Waals surface area contributed by atoms with Crippen LogP contribution in [0.4, 0.5) is 11.4 Å². The van der Waals surface area contributed by atoms with E-state index in [1.807, 2.05) is 30.3 Å². The summed E-state index contributed by atoms with van der Waals surface area (Å²) >= 11 is 6.03. The molecular formula is C22H21ClN2O4S. The Labute approximate surface area is 180 Å². The molecule has 0 fully saturated rings. The number of benzene rings is 3. The van der Waals surface area contributed by atoms with Crippen LogP contribution in [0.1, 0.15) is 12.5 Å². The van der Waals surface area contributed by atoms with Crippen molar-refractivity contribution in [3.63, 3.8) is 0 Å². The number of anilines is 2. The summed E-state index contributed by atoms with van der Waals surface area (Å²) in [6.07, 6.45) is -0.716. The molecule has 156 valence electrons. The molecule has 0 radical (unpaired) electrons. The highest BCUT2D eigenvalue weighted by atomic mass is 35.5. The summed E-state index contributed by atoms with van der Waals surface area (Å²) < 4.78 is 33.4. The third kappa shape index (κ3) is 5.82. The van der Waals surface area contributed by atoms with Gasteiger partial charge in [-0.2, -0.15) is 0 Å².